The van der Waals surface area contributed by atoms with Crippen molar-refractivity contribution in [2.45, 2.75) is 25.6 Å². The van der Waals surface area contributed by atoms with Crippen LogP contribution in [0.5, 0.6) is 0 Å². The van der Waals surface area contributed by atoms with E-state index in [1.165, 1.54) is 6.20 Å². The molecule has 0 aliphatic carbocycles. The summed E-state index contributed by atoms with van der Waals surface area (Å²) in [5, 5.41) is 2.78. The first-order valence-electron chi connectivity index (χ1n) is 5.68. The molecular weight excluding hydrogens is 323 g/mol. The quantitative estimate of drug-likeness (QED) is 0.908. The van der Waals surface area contributed by atoms with Gasteiger partial charge in [0.1, 0.15) is 5.82 Å². The fraction of sp³-hybridized carbons (Fsp3) is 0.583. The average Bonchev–Trinajstić information content (AvgIpc) is 2.26. The Morgan fingerprint density at radius 2 is 1.89 bits per heavy atom. The Morgan fingerprint density at radius 3 is 2.37 bits per heavy atom. The van der Waals surface area contributed by atoms with E-state index in [-0.39, 0.29) is 11.4 Å². The summed E-state index contributed by atoms with van der Waals surface area (Å²) in [6.07, 6.45) is -3.08. The van der Waals surface area contributed by atoms with Gasteiger partial charge < -0.3 is 10.2 Å². The van der Waals surface area contributed by atoms with E-state index in [9.17, 15) is 13.2 Å². The van der Waals surface area contributed by atoms with Crippen LogP contribution in [0.15, 0.2) is 16.7 Å². The number of halogens is 4. The number of anilines is 1. The Balaban J connectivity index is 2.96. The zero-order valence-corrected chi connectivity index (χ0v) is 12.9. The Bertz CT molecular complexity index is 444. The summed E-state index contributed by atoms with van der Waals surface area (Å²) in [5.74, 6) is -0.148. The Hall–Kier alpha value is -0.820. The fourth-order valence-electron chi connectivity index (χ4n) is 1.25. The molecule has 0 saturated heterocycles. The molecule has 3 nitrogen and oxygen atoms in total. The second-order valence-electron chi connectivity index (χ2n) is 5.11. The standard InChI is InChI=1S/C12H17BrF3N3/c1-11(2,19(3)4)7-18-10-9(12(14,15)16)5-8(13)6-17-10/h5-6H,7H2,1-4H3,(H,17,18). The molecule has 1 aromatic heterocycles. The number of hydrogen-bond donors (Lipinski definition) is 1. The highest BCUT2D eigenvalue weighted by Gasteiger charge is 2.35. The van der Waals surface area contributed by atoms with Gasteiger partial charge in [0.25, 0.3) is 0 Å². The summed E-state index contributed by atoms with van der Waals surface area (Å²) in [6.45, 7) is 4.23. The van der Waals surface area contributed by atoms with Crippen LogP contribution in [0, 0.1) is 0 Å². The number of likely N-dealkylation sites (N-methyl/N-ethyl adjacent to an activating group) is 1. The van der Waals surface area contributed by atoms with Gasteiger partial charge >= 0.3 is 6.18 Å². The minimum Gasteiger partial charge on any atom is -0.368 e. The lowest BCUT2D eigenvalue weighted by molar-refractivity contribution is -0.137. The van der Waals surface area contributed by atoms with E-state index >= 15 is 0 Å². The van der Waals surface area contributed by atoms with Crippen LogP contribution in [-0.4, -0.2) is 36.1 Å². The molecule has 1 rings (SSSR count). The van der Waals surface area contributed by atoms with Gasteiger partial charge in [-0.3, -0.25) is 0 Å². The molecule has 1 heterocycles. The third-order valence-electron chi connectivity index (χ3n) is 3.06. The van der Waals surface area contributed by atoms with Crippen LogP contribution in [-0.2, 0) is 6.18 Å². The van der Waals surface area contributed by atoms with E-state index in [4.69, 9.17) is 0 Å². The second-order valence-corrected chi connectivity index (χ2v) is 6.02. The summed E-state index contributed by atoms with van der Waals surface area (Å²) < 4.78 is 39.0. The minimum absolute atomic E-state index is 0.148. The SMILES string of the molecule is CN(C)C(C)(C)CNc1ncc(Br)cc1C(F)(F)F. The summed E-state index contributed by atoms with van der Waals surface area (Å²) in [6, 6.07) is 1.03. The Morgan fingerprint density at radius 1 is 1.32 bits per heavy atom. The molecule has 19 heavy (non-hydrogen) atoms. The van der Waals surface area contributed by atoms with Gasteiger partial charge in [-0.15, -0.1) is 0 Å². The van der Waals surface area contributed by atoms with E-state index in [1.807, 2.05) is 32.8 Å². The fourth-order valence-corrected chi connectivity index (χ4v) is 1.59. The molecule has 0 unspecified atom stereocenters. The molecule has 1 N–H and O–H groups in total. The Kier molecular flexibility index (Phi) is 4.84. The van der Waals surface area contributed by atoms with E-state index in [2.05, 4.69) is 26.2 Å². The van der Waals surface area contributed by atoms with Gasteiger partial charge in [-0.2, -0.15) is 13.2 Å². The van der Waals surface area contributed by atoms with Crippen molar-refractivity contribution in [2.24, 2.45) is 0 Å². The van der Waals surface area contributed by atoms with Crippen molar-refractivity contribution in [3.05, 3.63) is 22.3 Å². The normalized spacial score (nSPS) is 12.9. The average molecular weight is 340 g/mol. The lowest BCUT2D eigenvalue weighted by atomic mass is 10.0. The smallest absolute Gasteiger partial charge is 0.368 e. The van der Waals surface area contributed by atoms with E-state index in [0.29, 0.717) is 11.0 Å². The Labute approximate surface area is 119 Å². The molecule has 0 bridgehead atoms. The zero-order valence-electron chi connectivity index (χ0n) is 11.3. The zero-order chi connectivity index (χ0) is 14.8. The number of hydrogen-bond acceptors (Lipinski definition) is 3. The van der Waals surface area contributed by atoms with E-state index in [0.717, 1.165) is 6.07 Å². The predicted octanol–water partition coefficient (Wildman–Crippen LogP) is 3.62. The van der Waals surface area contributed by atoms with Gasteiger partial charge in [-0.05, 0) is 49.9 Å². The molecule has 0 aromatic carbocycles. The van der Waals surface area contributed by atoms with Gasteiger partial charge in [-0.1, -0.05) is 0 Å². The molecule has 0 spiro atoms. The molecule has 108 valence electrons. The summed E-state index contributed by atoms with van der Waals surface area (Å²) >= 11 is 3.00. The van der Waals surface area contributed by atoms with E-state index in [1.54, 1.807) is 0 Å². The van der Waals surface area contributed by atoms with Crippen LogP contribution in [0.3, 0.4) is 0 Å². The van der Waals surface area contributed by atoms with E-state index < -0.39 is 11.7 Å². The highest BCUT2D eigenvalue weighted by atomic mass is 79.9. The summed E-state index contributed by atoms with van der Waals surface area (Å²) in [5.41, 5.74) is -1.05. The van der Waals surface area contributed by atoms with Crippen molar-refractivity contribution in [2.75, 3.05) is 26.0 Å². The van der Waals surface area contributed by atoms with Gasteiger partial charge in [-0.25, -0.2) is 4.98 Å². The molecule has 0 saturated carbocycles. The first-order valence-corrected chi connectivity index (χ1v) is 6.47. The molecule has 1 aromatic rings. The maximum atomic E-state index is 12.9. The predicted molar refractivity (Wildman–Crippen MR) is 73.2 cm³/mol. The maximum absolute atomic E-state index is 12.9. The molecule has 7 heteroatoms. The third kappa shape index (κ3) is 4.35. The van der Waals surface area contributed by atoms with Crippen LogP contribution in [0.4, 0.5) is 19.0 Å². The third-order valence-corrected chi connectivity index (χ3v) is 3.49. The maximum Gasteiger partial charge on any atom is 0.419 e. The van der Waals surface area contributed by atoms with Crippen molar-refractivity contribution < 1.29 is 13.2 Å². The molecule has 0 fully saturated rings. The van der Waals surface area contributed by atoms with Crippen molar-refractivity contribution in [3.63, 3.8) is 0 Å². The number of pyridine rings is 1. The van der Waals surface area contributed by atoms with Crippen LogP contribution in [0.25, 0.3) is 0 Å². The van der Waals surface area contributed by atoms with Crippen molar-refractivity contribution in [1.29, 1.82) is 0 Å². The highest BCUT2D eigenvalue weighted by Crippen LogP contribution is 2.35. The van der Waals surface area contributed by atoms with Crippen LogP contribution in [0.1, 0.15) is 19.4 Å². The monoisotopic (exact) mass is 339 g/mol. The largest absolute Gasteiger partial charge is 0.419 e. The van der Waals surface area contributed by atoms with Crippen molar-refractivity contribution in [1.82, 2.24) is 9.88 Å². The molecule has 0 radical (unpaired) electrons. The topological polar surface area (TPSA) is 28.2 Å². The van der Waals surface area contributed by atoms with Gasteiger partial charge in [0, 0.05) is 22.8 Å². The number of aromatic nitrogens is 1. The highest BCUT2D eigenvalue weighted by molar-refractivity contribution is 9.10. The molecule has 0 amide bonds. The number of nitrogens with one attached hydrogen (secondary N) is 1. The molecule has 0 aliphatic heterocycles. The molecule has 0 atom stereocenters. The number of nitrogens with zero attached hydrogens (tertiary/aromatic N) is 2. The minimum atomic E-state index is -4.43. The van der Waals surface area contributed by atoms with Gasteiger partial charge in [0.15, 0.2) is 0 Å². The summed E-state index contributed by atoms with van der Waals surface area (Å²) in [4.78, 5) is 5.75. The number of rotatable bonds is 4. The molecule has 0 aliphatic rings. The lowest BCUT2D eigenvalue weighted by Gasteiger charge is -2.33. The van der Waals surface area contributed by atoms with Gasteiger partial charge in [0.2, 0.25) is 0 Å². The van der Waals surface area contributed by atoms with Gasteiger partial charge in [0.05, 0.1) is 5.56 Å². The van der Waals surface area contributed by atoms with Crippen LogP contribution in [0.2, 0.25) is 0 Å². The first kappa shape index (κ1) is 16.2. The summed E-state index contributed by atoms with van der Waals surface area (Å²) in [7, 11) is 3.75. The number of alkyl halides is 3. The first-order chi connectivity index (χ1) is 8.54. The lowest BCUT2D eigenvalue weighted by Crippen LogP contribution is -2.44. The molecular formula is C12H17BrF3N3. The van der Waals surface area contributed by atoms with Crippen LogP contribution < -0.4 is 5.32 Å². The van der Waals surface area contributed by atoms with Crippen LogP contribution >= 0.6 is 15.9 Å². The van der Waals surface area contributed by atoms with Crippen molar-refractivity contribution >= 4 is 21.7 Å². The van der Waals surface area contributed by atoms with Crippen molar-refractivity contribution in [3.8, 4) is 0 Å². The second kappa shape index (κ2) is 5.66.